The van der Waals surface area contributed by atoms with Gasteiger partial charge >= 0.3 is 0 Å². The molecular weight excluding hydrogens is 434 g/mol. The van der Waals surface area contributed by atoms with Crippen molar-refractivity contribution >= 4 is 23.5 Å². The van der Waals surface area contributed by atoms with Crippen molar-refractivity contribution in [2.75, 3.05) is 13.3 Å². The molecule has 5 rings (SSSR count). The molecule has 0 aliphatic carbocycles. The van der Waals surface area contributed by atoms with Gasteiger partial charge in [-0.05, 0) is 59.4 Å². The Hall–Kier alpha value is -3.08. The second kappa shape index (κ2) is 9.05. The standard InChI is InChI=1S/C28H26ClNO3/c1-18(2)21-7-3-20(4-8-21)15-26-27(31)23-11-12-25-24(28(23)33-26)16-30(17-32-25)14-13-19-5-9-22(29)10-6-19/h3-12,15,18H,13-14,16-17H2,1-2H3/b26-15-. The van der Waals surface area contributed by atoms with Crippen molar-refractivity contribution in [3.8, 4) is 11.5 Å². The predicted molar refractivity (Wildman–Crippen MR) is 131 cm³/mol. The summed E-state index contributed by atoms with van der Waals surface area (Å²) < 4.78 is 12.1. The smallest absolute Gasteiger partial charge is 0.231 e. The lowest BCUT2D eigenvalue weighted by molar-refractivity contribution is 0.0950. The molecule has 0 spiro atoms. The minimum atomic E-state index is -0.0842. The molecule has 3 aromatic rings. The van der Waals surface area contributed by atoms with Crippen LogP contribution in [0.25, 0.3) is 6.08 Å². The van der Waals surface area contributed by atoms with Crippen LogP contribution in [0, 0.1) is 0 Å². The Morgan fingerprint density at radius 3 is 2.52 bits per heavy atom. The van der Waals surface area contributed by atoms with Crippen LogP contribution < -0.4 is 9.47 Å². The third-order valence-electron chi connectivity index (χ3n) is 6.21. The number of carbonyl (C=O) groups is 1. The highest BCUT2D eigenvalue weighted by atomic mass is 35.5. The van der Waals surface area contributed by atoms with Gasteiger partial charge in [-0.1, -0.05) is 61.8 Å². The van der Waals surface area contributed by atoms with Crippen molar-refractivity contribution in [3.63, 3.8) is 0 Å². The molecule has 0 saturated carbocycles. The summed E-state index contributed by atoms with van der Waals surface area (Å²) in [4.78, 5) is 15.2. The molecule has 0 saturated heterocycles. The SMILES string of the molecule is CC(C)c1ccc(/C=C2\Oc3c(ccc4c3CN(CCc3ccc(Cl)cc3)CO4)C2=O)cc1. The topological polar surface area (TPSA) is 38.8 Å². The zero-order chi connectivity index (χ0) is 22.9. The summed E-state index contributed by atoms with van der Waals surface area (Å²) in [6.45, 7) is 6.35. The van der Waals surface area contributed by atoms with Crippen molar-refractivity contribution in [1.29, 1.82) is 0 Å². The van der Waals surface area contributed by atoms with E-state index in [2.05, 4.69) is 30.9 Å². The average Bonchev–Trinajstić information content (AvgIpc) is 3.14. The lowest BCUT2D eigenvalue weighted by atomic mass is 10.0. The first kappa shape index (κ1) is 21.7. The Morgan fingerprint density at radius 1 is 1.03 bits per heavy atom. The molecule has 0 atom stereocenters. The van der Waals surface area contributed by atoms with Gasteiger partial charge in [0.15, 0.2) is 5.76 Å². The number of nitrogens with zero attached hydrogens (tertiary/aromatic N) is 1. The highest BCUT2D eigenvalue weighted by Gasteiger charge is 2.33. The first-order valence-electron chi connectivity index (χ1n) is 11.3. The monoisotopic (exact) mass is 459 g/mol. The number of Topliss-reactive ketones (excluding diaryl/α,β-unsaturated/α-hetero) is 1. The van der Waals surface area contributed by atoms with Crippen molar-refractivity contribution in [3.05, 3.63) is 99.3 Å². The number of halogens is 1. The Morgan fingerprint density at radius 2 is 1.79 bits per heavy atom. The van der Waals surface area contributed by atoms with E-state index < -0.39 is 0 Å². The van der Waals surface area contributed by atoms with E-state index in [1.54, 1.807) is 0 Å². The van der Waals surface area contributed by atoms with E-state index in [4.69, 9.17) is 21.1 Å². The van der Waals surface area contributed by atoms with Crippen LogP contribution in [0.1, 0.15) is 52.4 Å². The molecule has 0 radical (unpaired) electrons. The minimum absolute atomic E-state index is 0.0842. The minimum Gasteiger partial charge on any atom is -0.478 e. The van der Waals surface area contributed by atoms with Gasteiger partial charge in [-0.15, -0.1) is 0 Å². The van der Waals surface area contributed by atoms with E-state index in [0.29, 0.717) is 36.3 Å². The summed E-state index contributed by atoms with van der Waals surface area (Å²) in [7, 11) is 0. The van der Waals surface area contributed by atoms with Crippen LogP contribution in [0.3, 0.4) is 0 Å². The van der Waals surface area contributed by atoms with Crippen molar-refractivity contribution in [2.24, 2.45) is 0 Å². The summed E-state index contributed by atoms with van der Waals surface area (Å²) in [5, 5.41) is 0.742. The number of rotatable bonds is 5. The molecule has 0 aromatic heterocycles. The van der Waals surface area contributed by atoms with Crippen LogP contribution in [0.2, 0.25) is 5.02 Å². The van der Waals surface area contributed by atoms with E-state index in [9.17, 15) is 4.79 Å². The fourth-order valence-corrected chi connectivity index (χ4v) is 4.34. The van der Waals surface area contributed by atoms with Crippen LogP contribution in [-0.4, -0.2) is 24.0 Å². The van der Waals surface area contributed by atoms with Crippen molar-refractivity contribution in [2.45, 2.75) is 32.7 Å². The van der Waals surface area contributed by atoms with Gasteiger partial charge < -0.3 is 9.47 Å². The third-order valence-corrected chi connectivity index (χ3v) is 6.47. The largest absolute Gasteiger partial charge is 0.478 e. The first-order valence-corrected chi connectivity index (χ1v) is 11.7. The van der Waals surface area contributed by atoms with Gasteiger partial charge in [0.25, 0.3) is 0 Å². The number of allylic oxidation sites excluding steroid dienone is 1. The third kappa shape index (κ3) is 4.54. The molecule has 3 aromatic carbocycles. The Bertz CT molecular complexity index is 1210. The number of benzene rings is 3. The first-order chi connectivity index (χ1) is 16.0. The zero-order valence-electron chi connectivity index (χ0n) is 18.8. The van der Waals surface area contributed by atoms with Gasteiger partial charge in [-0.2, -0.15) is 0 Å². The highest BCUT2D eigenvalue weighted by molar-refractivity contribution is 6.30. The molecule has 0 unspecified atom stereocenters. The fraction of sp³-hybridized carbons (Fsp3) is 0.250. The van der Waals surface area contributed by atoms with Crippen LogP contribution in [0.4, 0.5) is 0 Å². The molecule has 168 valence electrons. The van der Waals surface area contributed by atoms with Crippen molar-refractivity contribution in [1.82, 2.24) is 4.90 Å². The molecule has 0 N–H and O–H groups in total. The normalized spacial score (nSPS) is 16.5. The van der Waals surface area contributed by atoms with Crippen LogP contribution in [0.15, 0.2) is 66.4 Å². The van der Waals surface area contributed by atoms with E-state index >= 15 is 0 Å². The molecule has 5 heteroatoms. The van der Waals surface area contributed by atoms with E-state index in [1.807, 2.05) is 54.6 Å². The van der Waals surface area contributed by atoms with Gasteiger partial charge in [0.05, 0.1) is 11.1 Å². The van der Waals surface area contributed by atoms with E-state index in [-0.39, 0.29) is 5.78 Å². The maximum atomic E-state index is 13.0. The maximum absolute atomic E-state index is 13.0. The van der Waals surface area contributed by atoms with E-state index in [0.717, 1.165) is 34.9 Å². The Labute approximate surface area is 199 Å². The molecule has 4 nitrogen and oxygen atoms in total. The van der Waals surface area contributed by atoms with Gasteiger partial charge in [-0.25, -0.2) is 0 Å². The second-order valence-corrected chi connectivity index (χ2v) is 9.32. The number of ether oxygens (including phenoxy) is 2. The summed E-state index contributed by atoms with van der Waals surface area (Å²) in [6.07, 6.45) is 2.71. The number of hydrogen-bond donors (Lipinski definition) is 0. The molecule has 2 aliphatic rings. The zero-order valence-corrected chi connectivity index (χ0v) is 19.6. The number of hydrogen-bond acceptors (Lipinski definition) is 4. The predicted octanol–water partition coefficient (Wildman–Crippen LogP) is 6.47. The summed E-state index contributed by atoms with van der Waals surface area (Å²) in [5.74, 6) is 2.15. The van der Waals surface area contributed by atoms with Gasteiger partial charge in [0.2, 0.25) is 5.78 Å². The van der Waals surface area contributed by atoms with E-state index in [1.165, 1.54) is 11.1 Å². The maximum Gasteiger partial charge on any atom is 0.231 e. The Balaban J connectivity index is 1.33. The summed E-state index contributed by atoms with van der Waals surface area (Å²) in [6, 6.07) is 19.9. The summed E-state index contributed by atoms with van der Waals surface area (Å²) in [5.41, 5.74) is 4.97. The quantitative estimate of drug-likeness (QED) is 0.409. The fourth-order valence-electron chi connectivity index (χ4n) is 4.21. The molecule has 33 heavy (non-hydrogen) atoms. The summed E-state index contributed by atoms with van der Waals surface area (Å²) >= 11 is 5.99. The molecule has 0 fully saturated rings. The number of ketones is 1. The second-order valence-electron chi connectivity index (χ2n) is 8.88. The lowest BCUT2D eigenvalue weighted by Crippen LogP contribution is -2.33. The van der Waals surface area contributed by atoms with Crippen molar-refractivity contribution < 1.29 is 14.3 Å². The molecule has 0 amide bonds. The number of fused-ring (bicyclic) bond motifs is 3. The van der Waals surface area contributed by atoms with Gasteiger partial charge in [-0.3, -0.25) is 9.69 Å². The van der Waals surface area contributed by atoms with Crippen LogP contribution in [0.5, 0.6) is 11.5 Å². The lowest BCUT2D eigenvalue weighted by Gasteiger charge is -2.29. The van der Waals surface area contributed by atoms with Gasteiger partial charge in [0, 0.05) is 18.1 Å². The molecule has 0 bridgehead atoms. The van der Waals surface area contributed by atoms with Crippen LogP contribution in [-0.2, 0) is 13.0 Å². The van der Waals surface area contributed by atoms with Gasteiger partial charge in [0.1, 0.15) is 18.2 Å². The van der Waals surface area contributed by atoms with Crippen LogP contribution >= 0.6 is 11.6 Å². The Kier molecular flexibility index (Phi) is 5.96. The molecule has 2 aliphatic heterocycles. The number of carbonyl (C=O) groups excluding carboxylic acids is 1. The molecule has 2 heterocycles. The highest BCUT2D eigenvalue weighted by Crippen LogP contribution is 2.42. The average molecular weight is 460 g/mol. The molecular formula is C28H26ClNO3.